The molecule has 1 aromatic carbocycles. The number of hydrogen-bond donors (Lipinski definition) is 1. The molecular weight excluding hydrogens is 256 g/mol. The Kier molecular flexibility index (Phi) is 5.32. The summed E-state index contributed by atoms with van der Waals surface area (Å²) < 4.78 is 0. The lowest BCUT2D eigenvalue weighted by Crippen LogP contribution is -2.52. The van der Waals surface area contributed by atoms with Gasteiger partial charge in [0.25, 0.3) is 0 Å². The molecule has 0 aromatic heterocycles. The van der Waals surface area contributed by atoms with E-state index >= 15 is 0 Å². The minimum Gasteiger partial charge on any atom is -0.310 e. The predicted octanol–water partition coefficient (Wildman–Crippen LogP) is 3.82. The Labute approximate surface area is 129 Å². The average molecular weight is 286 g/mol. The highest BCUT2D eigenvalue weighted by Gasteiger charge is 2.31. The van der Waals surface area contributed by atoms with Gasteiger partial charge in [0.15, 0.2) is 0 Å². The number of nitrogens with zero attached hydrogens (tertiary/aromatic N) is 1. The standard InChI is InChI=1S/C19H30N2/c1-2-21(14-16-8-4-3-5-9-16)15-18-13-12-17-10-6-7-11-19(17)20-18/h3-5,8-9,17-20H,2,6-7,10-15H2,1H3. The number of rotatable bonds is 5. The van der Waals surface area contributed by atoms with E-state index in [0.29, 0.717) is 6.04 Å². The van der Waals surface area contributed by atoms with Crippen LogP contribution >= 0.6 is 0 Å². The van der Waals surface area contributed by atoms with Gasteiger partial charge in [-0.3, -0.25) is 4.90 Å². The molecule has 21 heavy (non-hydrogen) atoms. The monoisotopic (exact) mass is 286 g/mol. The summed E-state index contributed by atoms with van der Waals surface area (Å²) in [6.07, 6.45) is 8.58. The van der Waals surface area contributed by atoms with Gasteiger partial charge in [0.2, 0.25) is 0 Å². The Morgan fingerprint density at radius 1 is 1.05 bits per heavy atom. The van der Waals surface area contributed by atoms with Crippen LogP contribution < -0.4 is 5.32 Å². The minimum absolute atomic E-state index is 0.702. The van der Waals surface area contributed by atoms with Gasteiger partial charge in [0.1, 0.15) is 0 Å². The zero-order valence-electron chi connectivity index (χ0n) is 13.4. The topological polar surface area (TPSA) is 15.3 Å². The molecule has 1 saturated carbocycles. The van der Waals surface area contributed by atoms with Crippen molar-refractivity contribution in [1.82, 2.24) is 10.2 Å². The second kappa shape index (κ2) is 7.42. The molecule has 116 valence electrons. The first-order chi connectivity index (χ1) is 10.3. The molecule has 0 amide bonds. The smallest absolute Gasteiger partial charge is 0.0234 e. The Hall–Kier alpha value is -0.860. The van der Waals surface area contributed by atoms with Crippen LogP contribution in [-0.4, -0.2) is 30.1 Å². The second-order valence-electron chi connectivity index (χ2n) is 6.91. The van der Waals surface area contributed by atoms with Crippen LogP contribution in [-0.2, 0) is 6.54 Å². The molecule has 1 aromatic rings. The third kappa shape index (κ3) is 4.08. The highest BCUT2D eigenvalue weighted by molar-refractivity contribution is 5.14. The number of fused-ring (bicyclic) bond motifs is 1. The fourth-order valence-corrected chi connectivity index (χ4v) is 4.18. The summed E-state index contributed by atoms with van der Waals surface area (Å²) in [4.78, 5) is 2.59. The fraction of sp³-hybridized carbons (Fsp3) is 0.684. The highest BCUT2D eigenvalue weighted by atomic mass is 15.2. The Morgan fingerprint density at radius 2 is 1.86 bits per heavy atom. The summed E-state index contributed by atoms with van der Waals surface area (Å²) in [5.74, 6) is 0.971. The molecule has 2 heteroatoms. The van der Waals surface area contributed by atoms with Crippen LogP contribution in [0.1, 0.15) is 51.0 Å². The van der Waals surface area contributed by atoms with E-state index in [1.165, 1.54) is 50.6 Å². The molecule has 1 aliphatic heterocycles. The number of likely N-dealkylation sites (N-methyl/N-ethyl adjacent to an activating group) is 1. The molecular formula is C19H30N2. The van der Waals surface area contributed by atoms with Crippen LogP contribution in [0.4, 0.5) is 0 Å². The van der Waals surface area contributed by atoms with Crippen LogP contribution in [0.5, 0.6) is 0 Å². The summed E-state index contributed by atoms with van der Waals surface area (Å²) in [6.45, 7) is 5.72. The van der Waals surface area contributed by atoms with E-state index in [0.717, 1.165) is 25.0 Å². The van der Waals surface area contributed by atoms with E-state index in [1.807, 2.05) is 0 Å². The zero-order chi connectivity index (χ0) is 14.5. The van der Waals surface area contributed by atoms with Crippen molar-refractivity contribution in [3.63, 3.8) is 0 Å². The minimum atomic E-state index is 0.702. The fourth-order valence-electron chi connectivity index (χ4n) is 4.18. The van der Waals surface area contributed by atoms with Crippen molar-refractivity contribution in [2.45, 2.75) is 64.1 Å². The van der Waals surface area contributed by atoms with Gasteiger partial charge in [-0.1, -0.05) is 50.1 Å². The lowest BCUT2D eigenvalue weighted by Gasteiger charge is -2.42. The average Bonchev–Trinajstić information content (AvgIpc) is 2.55. The first-order valence-corrected chi connectivity index (χ1v) is 8.87. The molecule has 0 radical (unpaired) electrons. The first kappa shape index (κ1) is 15.1. The van der Waals surface area contributed by atoms with E-state index in [-0.39, 0.29) is 0 Å². The maximum atomic E-state index is 3.96. The summed E-state index contributed by atoms with van der Waals surface area (Å²) >= 11 is 0. The second-order valence-corrected chi connectivity index (χ2v) is 6.91. The van der Waals surface area contributed by atoms with Gasteiger partial charge < -0.3 is 5.32 Å². The van der Waals surface area contributed by atoms with Crippen molar-refractivity contribution in [2.24, 2.45) is 5.92 Å². The van der Waals surface area contributed by atoms with E-state index in [4.69, 9.17) is 0 Å². The Bertz CT molecular complexity index is 417. The van der Waals surface area contributed by atoms with Crippen molar-refractivity contribution in [1.29, 1.82) is 0 Å². The van der Waals surface area contributed by atoms with Crippen molar-refractivity contribution >= 4 is 0 Å². The van der Waals surface area contributed by atoms with E-state index in [9.17, 15) is 0 Å². The lowest BCUT2D eigenvalue weighted by molar-refractivity contribution is 0.143. The normalized spacial score (nSPS) is 29.3. The largest absolute Gasteiger partial charge is 0.310 e. The molecule has 0 bridgehead atoms. The molecule has 1 aliphatic carbocycles. The zero-order valence-corrected chi connectivity index (χ0v) is 13.4. The molecule has 3 rings (SSSR count). The molecule has 0 spiro atoms. The molecule has 2 fully saturated rings. The van der Waals surface area contributed by atoms with E-state index < -0.39 is 0 Å². The lowest BCUT2D eigenvalue weighted by atomic mass is 9.77. The molecule has 1 saturated heterocycles. The van der Waals surface area contributed by atoms with E-state index in [1.54, 1.807) is 0 Å². The highest BCUT2D eigenvalue weighted by Crippen LogP contribution is 2.32. The van der Waals surface area contributed by atoms with Crippen LogP contribution in [0.15, 0.2) is 30.3 Å². The summed E-state index contributed by atoms with van der Waals surface area (Å²) in [6, 6.07) is 12.4. The molecule has 1 heterocycles. The molecule has 3 atom stereocenters. The first-order valence-electron chi connectivity index (χ1n) is 8.87. The van der Waals surface area contributed by atoms with Crippen molar-refractivity contribution in [2.75, 3.05) is 13.1 Å². The summed E-state index contributed by atoms with van der Waals surface area (Å²) in [5.41, 5.74) is 1.44. The van der Waals surface area contributed by atoms with Gasteiger partial charge >= 0.3 is 0 Å². The Morgan fingerprint density at radius 3 is 2.67 bits per heavy atom. The summed E-state index contributed by atoms with van der Waals surface area (Å²) in [5, 5.41) is 3.96. The van der Waals surface area contributed by atoms with Gasteiger partial charge in [0.05, 0.1) is 0 Å². The van der Waals surface area contributed by atoms with Gasteiger partial charge in [-0.05, 0) is 43.7 Å². The predicted molar refractivity (Wildman–Crippen MR) is 89.3 cm³/mol. The van der Waals surface area contributed by atoms with Crippen LogP contribution in [0.3, 0.4) is 0 Å². The molecule has 3 unspecified atom stereocenters. The number of hydrogen-bond acceptors (Lipinski definition) is 2. The molecule has 2 aliphatic rings. The van der Waals surface area contributed by atoms with Crippen LogP contribution in [0, 0.1) is 5.92 Å². The number of benzene rings is 1. The summed E-state index contributed by atoms with van der Waals surface area (Å²) in [7, 11) is 0. The van der Waals surface area contributed by atoms with Crippen molar-refractivity contribution in [3.8, 4) is 0 Å². The van der Waals surface area contributed by atoms with Crippen molar-refractivity contribution < 1.29 is 0 Å². The van der Waals surface area contributed by atoms with Gasteiger partial charge in [0, 0.05) is 25.2 Å². The van der Waals surface area contributed by atoms with Gasteiger partial charge in [-0.15, -0.1) is 0 Å². The van der Waals surface area contributed by atoms with Crippen LogP contribution in [0.2, 0.25) is 0 Å². The van der Waals surface area contributed by atoms with Crippen LogP contribution in [0.25, 0.3) is 0 Å². The SMILES string of the molecule is CCN(Cc1ccccc1)CC1CCC2CCCCC2N1. The number of piperidine rings is 1. The van der Waals surface area contributed by atoms with Gasteiger partial charge in [-0.25, -0.2) is 0 Å². The third-order valence-electron chi connectivity index (χ3n) is 5.42. The maximum absolute atomic E-state index is 3.96. The van der Waals surface area contributed by atoms with Gasteiger partial charge in [-0.2, -0.15) is 0 Å². The Balaban J connectivity index is 1.52. The number of nitrogens with one attached hydrogen (secondary N) is 1. The molecule has 1 N–H and O–H groups in total. The maximum Gasteiger partial charge on any atom is 0.0234 e. The third-order valence-corrected chi connectivity index (χ3v) is 5.42. The quantitative estimate of drug-likeness (QED) is 0.885. The van der Waals surface area contributed by atoms with E-state index in [2.05, 4.69) is 47.5 Å². The van der Waals surface area contributed by atoms with Crippen molar-refractivity contribution in [3.05, 3.63) is 35.9 Å². The molecule has 2 nitrogen and oxygen atoms in total.